The molecule has 2 rings (SSSR count). The molecule has 0 aliphatic rings. The van der Waals surface area contributed by atoms with Crippen LogP contribution < -0.4 is 0 Å². The zero-order valence-corrected chi connectivity index (χ0v) is 11.9. The van der Waals surface area contributed by atoms with Crippen LogP contribution in [0.4, 0.5) is 0 Å². The summed E-state index contributed by atoms with van der Waals surface area (Å²) < 4.78 is 12.8. The van der Waals surface area contributed by atoms with Crippen LogP contribution in [0.5, 0.6) is 0 Å². The van der Waals surface area contributed by atoms with Gasteiger partial charge in [0.15, 0.2) is 5.78 Å². The highest BCUT2D eigenvalue weighted by atomic mass is 79.9. The zero-order chi connectivity index (χ0) is 13.0. The molecular formula is C14H11BrO2S. The minimum Gasteiger partial charge on any atom is -0.293 e. The van der Waals surface area contributed by atoms with Gasteiger partial charge in [0.25, 0.3) is 0 Å². The molecule has 0 bridgehead atoms. The highest BCUT2D eigenvalue weighted by Crippen LogP contribution is 2.17. The number of benzene rings is 2. The summed E-state index contributed by atoms with van der Waals surface area (Å²) in [7, 11) is -1.29. The lowest BCUT2D eigenvalue weighted by Gasteiger charge is -2.04. The minimum absolute atomic E-state index is 0.00657. The number of carbonyl (C=O) groups is 1. The molecule has 92 valence electrons. The minimum atomic E-state index is -1.29. The number of halogens is 1. The Morgan fingerprint density at radius 2 is 1.61 bits per heavy atom. The van der Waals surface area contributed by atoms with Crippen LogP contribution >= 0.6 is 15.9 Å². The van der Waals surface area contributed by atoms with Gasteiger partial charge < -0.3 is 0 Å². The fourth-order valence-corrected chi connectivity index (χ4v) is 3.07. The number of Topliss-reactive ketones (excluding diaryl/α,β-unsaturated/α-hetero) is 1. The predicted octanol–water partition coefficient (Wildman–Crippen LogP) is 3.44. The number of hydrogen-bond donors (Lipinski definition) is 0. The molecule has 0 saturated carbocycles. The lowest BCUT2D eigenvalue weighted by atomic mass is 10.1. The van der Waals surface area contributed by atoms with Gasteiger partial charge in [0.2, 0.25) is 0 Å². The van der Waals surface area contributed by atoms with Gasteiger partial charge in [-0.1, -0.05) is 52.3 Å². The van der Waals surface area contributed by atoms with E-state index in [0.29, 0.717) is 10.5 Å². The van der Waals surface area contributed by atoms with Gasteiger partial charge in [-0.2, -0.15) is 0 Å². The number of carbonyl (C=O) groups excluding carboxylic acids is 1. The van der Waals surface area contributed by atoms with Gasteiger partial charge >= 0.3 is 0 Å². The van der Waals surface area contributed by atoms with Crippen molar-refractivity contribution in [3.05, 3.63) is 64.6 Å². The standard InChI is InChI=1S/C14H11BrO2S/c15-13-9-5-4-8-12(13)14(16)10-18(17)11-6-2-1-3-7-11/h1-9H,10H2. The third kappa shape index (κ3) is 3.15. The first-order valence-electron chi connectivity index (χ1n) is 5.39. The molecule has 0 radical (unpaired) electrons. The average molecular weight is 323 g/mol. The molecule has 0 spiro atoms. The van der Waals surface area contributed by atoms with Gasteiger partial charge in [-0.25, -0.2) is 0 Å². The summed E-state index contributed by atoms with van der Waals surface area (Å²) >= 11 is 3.32. The third-order valence-electron chi connectivity index (χ3n) is 2.44. The van der Waals surface area contributed by atoms with Crippen molar-refractivity contribution in [1.29, 1.82) is 0 Å². The van der Waals surface area contributed by atoms with Crippen molar-refractivity contribution in [2.45, 2.75) is 4.90 Å². The summed E-state index contributed by atoms with van der Waals surface area (Å²) in [5, 5.41) is 0. The van der Waals surface area contributed by atoms with Gasteiger partial charge in [-0.15, -0.1) is 0 Å². The fraction of sp³-hybridized carbons (Fsp3) is 0.0714. The Morgan fingerprint density at radius 3 is 2.28 bits per heavy atom. The molecule has 0 aliphatic heterocycles. The van der Waals surface area contributed by atoms with Gasteiger partial charge in [-0.3, -0.25) is 9.00 Å². The van der Waals surface area contributed by atoms with Crippen LogP contribution in [0.1, 0.15) is 10.4 Å². The normalized spacial score (nSPS) is 12.1. The molecule has 4 heteroatoms. The first-order chi connectivity index (χ1) is 8.68. The maximum absolute atomic E-state index is 12.0. The largest absolute Gasteiger partial charge is 0.293 e. The Morgan fingerprint density at radius 1 is 1.00 bits per heavy atom. The van der Waals surface area contributed by atoms with Crippen LogP contribution in [0, 0.1) is 0 Å². The molecule has 0 saturated heterocycles. The molecule has 2 aromatic rings. The van der Waals surface area contributed by atoms with E-state index in [-0.39, 0.29) is 11.5 Å². The van der Waals surface area contributed by atoms with Crippen molar-refractivity contribution in [2.75, 3.05) is 5.75 Å². The molecule has 0 aromatic heterocycles. The van der Waals surface area contributed by atoms with E-state index >= 15 is 0 Å². The van der Waals surface area contributed by atoms with Crippen LogP contribution in [0.3, 0.4) is 0 Å². The second-order valence-electron chi connectivity index (χ2n) is 3.71. The smallest absolute Gasteiger partial charge is 0.176 e. The molecule has 1 atom stereocenters. The van der Waals surface area contributed by atoms with Crippen LogP contribution in [-0.2, 0) is 10.8 Å². The van der Waals surface area contributed by atoms with Crippen molar-refractivity contribution < 1.29 is 9.00 Å². The Kier molecular flexibility index (Phi) is 4.44. The summed E-state index contributed by atoms with van der Waals surface area (Å²) in [6.45, 7) is 0. The molecule has 18 heavy (non-hydrogen) atoms. The topological polar surface area (TPSA) is 34.1 Å². The van der Waals surface area contributed by atoms with E-state index in [1.165, 1.54) is 0 Å². The van der Waals surface area contributed by atoms with Crippen molar-refractivity contribution in [3.63, 3.8) is 0 Å². The number of rotatable bonds is 4. The summed E-state index contributed by atoms with van der Waals surface area (Å²) in [6.07, 6.45) is 0. The van der Waals surface area contributed by atoms with Gasteiger partial charge in [0, 0.05) is 14.9 Å². The molecule has 1 unspecified atom stereocenters. The number of hydrogen-bond acceptors (Lipinski definition) is 2. The van der Waals surface area contributed by atoms with E-state index < -0.39 is 10.8 Å². The Labute approximate surface area is 117 Å². The van der Waals surface area contributed by atoms with Crippen molar-refractivity contribution in [1.82, 2.24) is 0 Å². The third-order valence-corrected chi connectivity index (χ3v) is 4.46. The predicted molar refractivity (Wildman–Crippen MR) is 76.2 cm³/mol. The summed E-state index contributed by atoms with van der Waals surface area (Å²) in [6, 6.07) is 16.2. The summed E-state index contributed by atoms with van der Waals surface area (Å²) in [4.78, 5) is 12.7. The molecule has 0 amide bonds. The van der Waals surface area contributed by atoms with E-state index in [0.717, 1.165) is 4.47 Å². The first kappa shape index (κ1) is 13.2. The van der Waals surface area contributed by atoms with Gasteiger partial charge in [-0.05, 0) is 18.2 Å². The van der Waals surface area contributed by atoms with Crippen LogP contribution in [0.15, 0.2) is 64.0 Å². The monoisotopic (exact) mass is 322 g/mol. The highest BCUT2D eigenvalue weighted by Gasteiger charge is 2.14. The molecule has 0 heterocycles. The quantitative estimate of drug-likeness (QED) is 0.808. The average Bonchev–Trinajstić information content (AvgIpc) is 2.40. The fourth-order valence-electron chi connectivity index (χ4n) is 1.54. The Bertz CT molecular complexity index is 581. The van der Waals surface area contributed by atoms with Gasteiger partial charge in [0.05, 0.1) is 16.6 Å². The molecule has 2 nitrogen and oxygen atoms in total. The van der Waals surface area contributed by atoms with Crippen molar-refractivity contribution in [2.24, 2.45) is 0 Å². The van der Waals surface area contributed by atoms with E-state index in [2.05, 4.69) is 15.9 Å². The van der Waals surface area contributed by atoms with Crippen molar-refractivity contribution in [3.8, 4) is 0 Å². The van der Waals surface area contributed by atoms with E-state index in [4.69, 9.17) is 0 Å². The highest BCUT2D eigenvalue weighted by molar-refractivity contribution is 9.10. The Balaban J connectivity index is 2.14. The zero-order valence-electron chi connectivity index (χ0n) is 9.51. The van der Waals surface area contributed by atoms with Crippen LogP contribution in [0.25, 0.3) is 0 Å². The molecule has 0 fully saturated rings. The summed E-state index contributed by atoms with van der Waals surface area (Å²) in [5.41, 5.74) is 0.571. The second-order valence-corrected chi connectivity index (χ2v) is 6.01. The maximum atomic E-state index is 12.0. The van der Waals surface area contributed by atoms with Crippen LogP contribution in [-0.4, -0.2) is 15.7 Å². The lowest BCUT2D eigenvalue weighted by Crippen LogP contribution is -2.11. The summed E-state index contributed by atoms with van der Waals surface area (Å²) in [5.74, 6) is -0.114. The van der Waals surface area contributed by atoms with Gasteiger partial charge in [0.1, 0.15) is 0 Å². The van der Waals surface area contributed by atoms with Crippen molar-refractivity contribution >= 4 is 32.5 Å². The maximum Gasteiger partial charge on any atom is 0.176 e. The first-order valence-corrected chi connectivity index (χ1v) is 7.51. The Hall–Kier alpha value is -1.26. The van der Waals surface area contributed by atoms with E-state index in [1.54, 1.807) is 30.3 Å². The lowest BCUT2D eigenvalue weighted by molar-refractivity contribution is 0.102. The van der Waals surface area contributed by atoms with E-state index in [1.807, 2.05) is 24.3 Å². The molecule has 0 aliphatic carbocycles. The molecule has 0 N–H and O–H groups in total. The molecule has 2 aromatic carbocycles. The number of ketones is 1. The SMILES string of the molecule is O=C(CS(=O)c1ccccc1)c1ccccc1Br. The van der Waals surface area contributed by atoms with Crippen LogP contribution in [0.2, 0.25) is 0 Å². The molecular weight excluding hydrogens is 312 g/mol. The van der Waals surface area contributed by atoms with E-state index in [9.17, 15) is 9.00 Å². The second kappa shape index (κ2) is 6.07.